The maximum absolute atomic E-state index is 11.2. The van der Waals surface area contributed by atoms with Gasteiger partial charge in [0.1, 0.15) is 0 Å². The summed E-state index contributed by atoms with van der Waals surface area (Å²) in [4.78, 5) is 14.0. The summed E-state index contributed by atoms with van der Waals surface area (Å²) in [6.45, 7) is 0. The van der Waals surface area contributed by atoms with Gasteiger partial charge in [-0.3, -0.25) is 4.79 Å². The van der Waals surface area contributed by atoms with Gasteiger partial charge >= 0.3 is 0 Å². The van der Waals surface area contributed by atoms with E-state index >= 15 is 0 Å². The van der Waals surface area contributed by atoms with E-state index in [0.717, 1.165) is 17.7 Å². The molecular weight excluding hydrogens is 188 g/mol. The van der Waals surface area contributed by atoms with Gasteiger partial charge in [0.2, 0.25) is 0 Å². The number of hydrogen-bond donors (Lipinski definition) is 2. The molecule has 0 aliphatic heterocycles. The molecule has 0 saturated heterocycles. The highest BCUT2D eigenvalue weighted by Gasteiger charge is 1.98. The van der Waals surface area contributed by atoms with E-state index in [9.17, 15) is 4.79 Å². The molecule has 2 rings (SSSR count). The molecule has 0 aliphatic rings. The van der Waals surface area contributed by atoms with Crippen LogP contribution in [0.15, 0.2) is 47.3 Å². The van der Waals surface area contributed by atoms with E-state index in [1.165, 1.54) is 0 Å². The number of hydrogen-bond acceptors (Lipinski definition) is 2. The minimum absolute atomic E-state index is 0.219. The molecule has 1 aromatic carbocycles. The van der Waals surface area contributed by atoms with Crippen LogP contribution in [0.25, 0.3) is 0 Å². The van der Waals surface area contributed by atoms with Crippen LogP contribution >= 0.6 is 0 Å². The smallest absolute Gasteiger partial charge is 0.271 e. The first kappa shape index (κ1) is 9.52. The van der Waals surface area contributed by atoms with Gasteiger partial charge in [-0.2, -0.15) is 0 Å². The Morgan fingerprint density at radius 2 is 1.80 bits per heavy atom. The van der Waals surface area contributed by atoms with Gasteiger partial charge in [0.25, 0.3) is 5.56 Å². The number of anilines is 1. The molecule has 3 nitrogen and oxygen atoms in total. The Hall–Kier alpha value is -2.03. The van der Waals surface area contributed by atoms with Gasteiger partial charge < -0.3 is 10.7 Å². The summed E-state index contributed by atoms with van der Waals surface area (Å²) >= 11 is 0. The molecule has 0 fully saturated rings. The van der Waals surface area contributed by atoms with E-state index < -0.39 is 0 Å². The third-order valence-electron chi connectivity index (χ3n) is 2.24. The molecule has 0 spiro atoms. The van der Waals surface area contributed by atoms with Crippen molar-refractivity contribution in [2.45, 2.75) is 6.42 Å². The van der Waals surface area contributed by atoms with Crippen molar-refractivity contribution in [3.8, 4) is 0 Å². The molecule has 0 unspecified atom stereocenters. The van der Waals surface area contributed by atoms with Crippen LogP contribution in [-0.4, -0.2) is 4.98 Å². The number of pyridine rings is 1. The number of aromatic nitrogens is 1. The summed E-state index contributed by atoms with van der Waals surface area (Å²) in [5, 5.41) is 0. The van der Waals surface area contributed by atoms with Crippen LogP contribution in [0.5, 0.6) is 0 Å². The number of nitrogens with one attached hydrogen (secondary N) is 1. The number of rotatable bonds is 2. The monoisotopic (exact) mass is 200 g/mol. The van der Waals surface area contributed by atoms with Gasteiger partial charge in [-0.1, -0.05) is 30.3 Å². The van der Waals surface area contributed by atoms with Crippen molar-refractivity contribution < 1.29 is 0 Å². The van der Waals surface area contributed by atoms with Crippen molar-refractivity contribution >= 4 is 5.69 Å². The Kier molecular flexibility index (Phi) is 2.54. The molecule has 3 heteroatoms. The lowest BCUT2D eigenvalue weighted by atomic mass is 10.1. The lowest BCUT2D eigenvalue weighted by Gasteiger charge is -2.01. The molecule has 0 aliphatic carbocycles. The number of benzene rings is 1. The molecule has 15 heavy (non-hydrogen) atoms. The van der Waals surface area contributed by atoms with E-state index in [1.54, 1.807) is 6.07 Å². The Morgan fingerprint density at radius 1 is 1.07 bits per heavy atom. The predicted molar refractivity (Wildman–Crippen MR) is 60.7 cm³/mol. The van der Waals surface area contributed by atoms with E-state index in [4.69, 9.17) is 5.73 Å². The molecule has 0 saturated carbocycles. The first-order chi connectivity index (χ1) is 7.25. The third-order valence-corrected chi connectivity index (χ3v) is 2.24. The van der Waals surface area contributed by atoms with Gasteiger partial charge in [-0.15, -0.1) is 0 Å². The molecule has 0 bridgehead atoms. The molecule has 0 atom stereocenters. The zero-order valence-corrected chi connectivity index (χ0v) is 8.23. The second-order valence-corrected chi connectivity index (χ2v) is 3.43. The summed E-state index contributed by atoms with van der Waals surface area (Å²) in [6, 6.07) is 13.4. The first-order valence-electron chi connectivity index (χ1n) is 4.77. The summed E-state index contributed by atoms with van der Waals surface area (Å²) in [5.74, 6) is 0. The largest absolute Gasteiger partial charge is 0.394 e. The van der Waals surface area contributed by atoms with E-state index in [0.29, 0.717) is 0 Å². The topological polar surface area (TPSA) is 58.9 Å². The van der Waals surface area contributed by atoms with Crippen LogP contribution in [0.1, 0.15) is 11.3 Å². The molecule has 0 amide bonds. The van der Waals surface area contributed by atoms with E-state index in [1.807, 2.05) is 36.4 Å². The van der Waals surface area contributed by atoms with Crippen LogP contribution in [0.2, 0.25) is 0 Å². The maximum Gasteiger partial charge on any atom is 0.271 e. The summed E-state index contributed by atoms with van der Waals surface area (Å²) < 4.78 is 0. The summed E-state index contributed by atoms with van der Waals surface area (Å²) in [5.41, 5.74) is 7.52. The molecule has 1 heterocycles. The van der Waals surface area contributed by atoms with Crippen molar-refractivity contribution in [2.75, 3.05) is 5.73 Å². The minimum atomic E-state index is -0.219. The van der Waals surface area contributed by atoms with Crippen LogP contribution in [0, 0.1) is 0 Å². The van der Waals surface area contributed by atoms with Gasteiger partial charge in [0, 0.05) is 12.1 Å². The second kappa shape index (κ2) is 4.00. The third kappa shape index (κ3) is 2.26. The Balaban J connectivity index is 2.26. The molecule has 1 aromatic heterocycles. The normalized spacial score (nSPS) is 10.1. The number of nitrogen functional groups attached to an aromatic ring is 1. The van der Waals surface area contributed by atoms with Crippen molar-refractivity contribution in [3.63, 3.8) is 0 Å². The van der Waals surface area contributed by atoms with Gasteiger partial charge in [-0.25, -0.2) is 0 Å². The van der Waals surface area contributed by atoms with Gasteiger partial charge in [0.15, 0.2) is 0 Å². The molecule has 3 N–H and O–H groups in total. The van der Waals surface area contributed by atoms with E-state index in [2.05, 4.69) is 4.98 Å². The molecule has 2 aromatic rings. The average molecular weight is 200 g/mol. The van der Waals surface area contributed by atoms with Crippen molar-refractivity contribution in [2.24, 2.45) is 0 Å². The van der Waals surface area contributed by atoms with Crippen LogP contribution in [0.4, 0.5) is 5.69 Å². The molecule has 0 radical (unpaired) electrons. The van der Waals surface area contributed by atoms with Crippen LogP contribution < -0.4 is 11.3 Å². The van der Waals surface area contributed by atoms with Crippen LogP contribution in [-0.2, 0) is 6.42 Å². The van der Waals surface area contributed by atoms with Gasteiger partial charge in [-0.05, 0) is 17.7 Å². The molecule has 76 valence electrons. The van der Waals surface area contributed by atoms with Gasteiger partial charge in [0.05, 0.1) is 5.69 Å². The fourth-order valence-electron chi connectivity index (χ4n) is 1.44. The SMILES string of the molecule is Nc1ccc(Cc2ccccc2)[nH]c1=O. The summed E-state index contributed by atoms with van der Waals surface area (Å²) in [6.07, 6.45) is 0.719. The minimum Gasteiger partial charge on any atom is -0.394 e. The number of H-pyrrole nitrogens is 1. The first-order valence-corrected chi connectivity index (χ1v) is 4.77. The summed E-state index contributed by atoms with van der Waals surface area (Å²) in [7, 11) is 0. The fraction of sp³-hybridized carbons (Fsp3) is 0.0833. The standard InChI is InChI=1S/C12H12N2O/c13-11-7-6-10(14-12(11)15)8-9-4-2-1-3-5-9/h1-7H,8,13H2,(H,14,15). The lowest BCUT2D eigenvalue weighted by Crippen LogP contribution is -2.13. The van der Waals surface area contributed by atoms with E-state index in [-0.39, 0.29) is 11.2 Å². The predicted octanol–water partition coefficient (Wildman–Crippen LogP) is 1.55. The quantitative estimate of drug-likeness (QED) is 0.772. The lowest BCUT2D eigenvalue weighted by molar-refractivity contribution is 1.05. The van der Waals surface area contributed by atoms with Crippen molar-refractivity contribution in [1.29, 1.82) is 0 Å². The highest BCUT2D eigenvalue weighted by atomic mass is 16.1. The highest BCUT2D eigenvalue weighted by Crippen LogP contribution is 2.06. The Labute approximate surface area is 87.6 Å². The number of aromatic amines is 1. The second-order valence-electron chi connectivity index (χ2n) is 3.43. The maximum atomic E-state index is 11.2. The van der Waals surface area contributed by atoms with Crippen LogP contribution in [0.3, 0.4) is 0 Å². The zero-order chi connectivity index (χ0) is 10.7. The average Bonchev–Trinajstić information content (AvgIpc) is 2.25. The Bertz CT molecular complexity index is 503. The highest BCUT2D eigenvalue weighted by molar-refractivity contribution is 5.35. The van der Waals surface area contributed by atoms with Crippen molar-refractivity contribution in [3.05, 3.63) is 64.1 Å². The van der Waals surface area contributed by atoms with Crippen molar-refractivity contribution in [1.82, 2.24) is 4.98 Å². The Morgan fingerprint density at radius 3 is 2.47 bits per heavy atom. The fourth-order valence-corrected chi connectivity index (χ4v) is 1.44. The molecular formula is C12H12N2O. The number of nitrogens with two attached hydrogens (primary N) is 1. The zero-order valence-electron chi connectivity index (χ0n) is 8.23.